The zero-order valence-corrected chi connectivity index (χ0v) is 29.9. The molecule has 1 aliphatic rings. The number of ether oxygens (including phenoxy) is 1. The average Bonchev–Trinajstić information content (AvgIpc) is 2.97. The van der Waals surface area contributed by atoms with E-state index >= 15 is 0 Å². The van der Waals surface area contributed by atoms with Gasteiger partial charge in [0.25, 0.3) is 5.91 Å². The minimum Gasteiger partial charge on any atom is -0.548 e. The molecule has 0 saturated heterocycles. The number of carboxylic acids is 1. The molecule has 2 aromatic rings. The van der Waals surface area contributed by atoms with Gasteiger partial charge in [0.1, 0.15) is 0 Å². The van der Waals surface area contributed by atoms with Crippen LogP contribution in [0.15, 0.2) is 42.5 Å². The summed E-state index contributed by atoms with van der Waals surface area (Å²) in [6.07, 6.45) is 7.64. The van der Waals surface area contributed by atoms with Crippen LogP contribution in [0.25, 0.3) is 11.1 Å². The number of hydrogen-bond donors (Lipinski definition) is 1. The van der Waals surface area contributed by atoms with Crippen LogP contribution in [-0.4, -0.2) is 63.4 Å². The topological polar surface area (TPSA) is 98.8 Å². The van der Waals surface area contributed by atoms with E-state index in [1.165, 1.54) is 18.2 Å². The van der Waals surface area contributed by atoms with Gasteiger partial charge in [-0.25, -0.2) is 4.79 Å². The summed E-state index contributed by atoms with van der Waals surface area (Å²) in [6.45, 7) is 6.01. The maximum Gasteiger partial charge on any atom is 1.00 e. The monoisotopic (exact) mass is 690 g/mol. The summed E-state index contributed by atoms with van der Waals surface area (Å²) < 4.78 is 3.92. The molecule has 1 saturated carbocycles. The molecule has 2 amide bonds. The third kappa shape index (κ3) is 11.6. The normalized spacial score (nSPS) is 14.6. The van der Waals surface area contributed by atoms with E-state index in [9.17, 15) is 19.5 Å². The molecule has 0 spiro atoms. The Morgan fingerprint density at radius 2 is 1.73 bits per heavy atom. The molecule has 0 heterocycles. The number of amides is 2. The molecule has 0 bridgehead atoms. The van der Waals surface area contributed by atoms with Crippen LogP contribution in [0.4, 0.5) is 4.79 Å². The predicted octanol–water partition coefficient (Wildman–Crippen LogP) is 3.98. The molecule has 0 unspecified atom stereocenters. The van der Waals surface area contributed by atoms with E-state index in [-0.39, 0.29) is 25.3 Å². The van der Waals surface area contributed by atoms with Crippen molar-refractivity contribution < 1.29 is 43.1 Å². The standard InChI is InChI=1S/C33H43Cl3N2O5S.Li/c1-22-10-8-9-13-25(22)27-20-23(14-15-26(27)29(39)37-28(30(40)41)17-19-44-4)16-18-38(21-24-11-6-5-7-12-24)31(42)43-32(2,3)33(34,35)36;/h8-10,13-15,20,24,28H,5-7,11-12,16-19,21H2,1-4H3,(H,37,39)(H,40,41);/q;+1/p-1/t28-;/m0./s1. The molecule has 45 heavy (non-hydrogen) atoms. The molecular weight excluding hydrogens is 650 g/mol. The molecule has 3 rings (SSSR count). The van der Waals surface area contributed by atoms with E-state index in [2.05, 4.69) is 5.32 Å². The molecule has 7 nitrogen and oxygen atoms in total. The first-order chi connectivity index (χ1) is 20.7. The number of carbonyl (C=O) groups excluding carboxylic acids is 3. The van der Waals surface area contributed by atoms with Gasteiger partial charge in [0.05, 0.1) is 12.0 Å². The van der Waals surface area contributed by atoms with E-state index in [4.69, 9.17) is 39.5 Å². The third-order valence-corrected chi connectivity index (χ3v) is 10.1. The van der Waals surface area contributed by atoms with Crippen molar-refractivity contribution in [2.75, 3.05) is 25.1 Å². The van der Waals surface area contributed by atoms with Gasteiger partial charge in [0, 0.05) is 18.7 Å². The minimum absolute atomic E-state index is 0. The van der Waals surface area contributed by atoms with Gasteiger partial charge in [-0.05, 0) is 92.7 Å². The van der Waals surface area contributed by atoms with Crippen molar-refractivity contribution in [3.05, 3.63) is 59.2 Å². The number of hydrogen-bond acceptors (Lipinski definition) is 6. The second-order valence-electron chi connectivity index (χ2n) is 11.9. The zero-order valence-electron chi connectivity index (χ0n) is 26.8. The van der Waals surface area contributed by atoms with Crippen LogP contribution >= 0.6 is 46.6 Å². The largest absolute Gasteiger partial charge is 1.00 e. The summed E-state index contributed by atoms with van der Waals surface area (Å²) in [7, 11) is 0. The van der Waals surface area contributed by atoms with E-state index in [0.717, 1.165) is 42.4 Å². The Kier molecular flexibility index (Phi) is 16.0. The summed E-state index contributed by atoms with van der Waals surface area (Å²) in [5, 5.41) is 14.4. The molecular formula is C33H42Cl3LiN2O5S. The maximum absolute atomic E-state index is 13.4. The number of nitrogens with one attached hydrogen (secondary N) is 1. The van der Waals surface area contributed by atoms with Gasteiger partial charge in [-0.3, -0.25) is 4.79 Å². The second-order valence-corrected chi connectivity index (χ2v) is 15.2. The Bertz CT molecular complexity index is 1300. The molecule has 0 aliphatic heterocycles. The SMILES string of the molecule is CSCC[C@H](NC(=O)c1ccc(CCN(CC2CCCCC2)C(=O)OC(C)(C)C(Cl)(Cl)Cl)cc1-c1ccccc1C)C(=O)[O-].[Li+]. The van der Waals surface area contributed by atoms with Gasteiger partial charge in [0.2, 0.25) is 3.79 Å². The number of halogens is 3. The van der Waals surface area contributed by atoms with Gasteiger partial charge in [-0.2, -0.15) is 11.8 Å². The molecule has 0 radical (unpaired) electrons. The number of aryl methyl sites for hydroxylation is 1. The van der Waals surface area contributed by atoms with Crippen molar-refractivity contribution in [1.82, 2.24) is 10.2 Å². The quantitative estimate of drug-likeness (QED) is 0.252. The van der Waals surface area contributed by atoms with Gasteiger partial charge < -0.3 is 24.9 Å². The summed E-state index contributed by atoms with van der Waals surface area (Å²) >= 11 is 19.8. The van der Waals surface area contributed by atoms with Gasteiger partial charge in [-0.1, -0.05) is 90.5 Å². The van der Waals surface area contributed by atoms with E-state index in [1.807, 2.05) is 49.6 Å². The Morgan fingerprint density at radius 3 is 2.33 bits per heavy atom. The number of carboxylic acid groups (broad SMARTS) is 1. The second kappa shape index (κ2) is 18.1. The predicted molar refractivity (Wildman–Crippen MR) is 179 cm³/mol. The van der Waals surface area contributed by atoms with Crippen LogP contribution in [0.3, 0.4) is 0 Å². The fraction of sp³-hybridized carbons (Fsp3) is 0.545. The summed E-state index contributed by atoms with van der Waals surface area (Å²) in [4.78, 5) is 40.3. The van der Waals surface area contributed by atoms with Gasteiger partial charge in [0.15, 0.2) is 5.60 Å². The average molecular weight is 692 g/mol. The first-order valence-corrected chi connectivity index (χ1v) is 17.5. The van der Waals surface area contributed by atoms with Crippen LogP contribution in [0.1, 0.15) is 73.9 Å². The number of aliphatic carboxylic acids is 1. The van der Waals surface area contributed by atoms with E-state index in [1.54, 1.807) is 24.8 Å². The first kappa shape index (κ1) is 39.6. The van der Waals surface area contributed by atoms with Crippen molar-refractivity contribution in [2.24, 2.45) is 5.92 Å². The van der Waals surface area contributed by atoms with Gasteiger partial charge >= 0.3 is 25.0 Å². The number of rotatable bonds is 13. The summed E-state index contributed by atoms with van der Waals surface area (Å²) in [5.74, 6) is -0.865. The molecule has 1 fully saturated rings. The Labute approximate surface area is 298 Å². The van der Waals surface area contributed by atoms with Crippen LogP contribution in [-0.2, 0) is 16.0 Å². The number of benzene rings is 2. The van der Waals surface area contributed by atoms with E-state index in [0.29, 0.717) is 42.3 Å². The van der Waals surface area contributed by atoms with Crippen molar-refractivity contribution >= 4 is 64.5 Å². The van der Waals surface area contributed by atoms with Crippen molar-refractivity contribution in [3.63, 3.8) is 0 Å². The van der Waals surface area contributed by atoms with Crippen molar-refractivity contribution in [1.29, 1.82) is 0 Å². The molecule has 242 valence electrons. The number of alkyl halides is 3. The number of thioether (sulfide) groups is 1. The van der Waals surface area contributed by atoms with Crippen molar-refractivity contribution in [3.8, 4) is 11.1 Å². The molecule has 2 aromatic carbocycles. The minimum atomic E-state index is -1.80. The fourth-order valence-corrected chi connectivity index (χ4v) is 5.89. The molecule has 0 aromatic heterocycles. The van der Waals surface area contributed by atoms with Crippen LogP contribution in [0, 0.1) is 12.8 Å². The van der Waals surface area contributed by atoms with Crippen LogP contribution < -0.4 is 29.3 Å². The Morgan fingerprint density at radius 1 is 1.07 bits per heavy atom. The Balaban J connectivity index is 0.00000705. The summed E-state index contributed by atoms with van der Waals surface area (Å²) in [6, 6.07) is 12.1. The van der Waals surface area contributed by atoms with Crippen LogP contribution in [0.2, 0.25) is 0 Å². The van der Waals surface area contributed by atoms with Gasteiger partial charge in [-0.15, -0.1) is 0 Å². The number of nitrogens with zero attached hydrogens (tertiary/aromatic N) is 1. The molecule has 1 aliphatic carbocycles. The molecule has 1 N–H and O–H groups in total. The number of carbonyl (C=O) groups is 3. The maximum atomic E-state index is 13.4. The molecule has 1 atom stereocenters. The summed E-state index contributed by atoms with van der Waals surface area (Å²) in [5.41, 5.74) is 2.43. The van der Waals surface area contributed by atoms with Crippen molar-refractivity contribution in [2.45, 2.75) is 81.2 Å². The zero-order chi connectivity index (χ0) is 32.5. The smallest absolute Gasteiger partial charge is 0.548 e. The fourth-order valence-electron chi connectivity index (χ4n) is 5.31. The van der Waals surface area contributed by atoms with Crippen LogP contribution in [0.5, 0.6) is 0 Å². The third-order valence-electron chi connectivity index (χ3n) is 8.12. The first-order valence-electron chi connectivity index (χ1n) is 15.0. The Hall–Kier alpha value is -1.53. The van der Waals surface area contributed by atoms with E-state index < -0.39 is 33.4 Å². The molecule has 12 heteroatoms.